The third-order valence-electron chi connectivity index (χ3n) is 2.19. The Hall–Kier alpha value is 0.434. The van der Waals surface area contributed by atoms with Crippen molar-refractivity contribution < 1.29 is 0 Å². The van der Waals surface area contributed by atoms with Gasteiger partial charge in [0.1, 0.15) is 0 Å². The predicted molar refractivity (Wildman–Crippen MR) is 50.5 cm³/mol. The average Bonchev–Trinajstić information content (AvgIpc) is 2.03. The van der Waals surface area contributed by atoms with Crippen molar-refractivity contribution in [1.82, 2.24) is 0 Å². The van der Waals surface area contributed by atoms with Crippen LogP contribution in [0, 0.1) is 0 Å². The largest absolute Gasteiger partial charge is 0.0654 e. The minimum Gasteiger partial charge on any atom is -0.0654 e. The molecule has 1 saturated heterocycles. The molecule has 3 radical (unpaired) electrons. The van der Waals surface area contributed by atoms with Gasteiger partial charge in [-0.15, -0.1) is 0 Å². The van der Waals surface area contributed by atoms with E-state index in [1.165, 1.54) is 22.4 Å². The maximum absolute atomic E-state index is 2.31. The molecule has 0 unspecified atom stereocenters. The second-order valence-corrected chi connectivity index (χ2v) is 7.60. The van der Waals surface area contributed by atoms with E-state index in [1.807, 2.05) is 0 Å². The van der Waals surface area contributed by atoms with Crippen molar-refractivity contribution in [1.29, 1.82) is 0 Å². The van der Waals surface area contributed by atoms with Crippen LogP contribution in [0.2, 0.25) is 30.2 Å². The molecule has 1 heterocycles. The van der Waals surface area contributed by atoms with E-state index in [1.54, 1.807) is 30.2 Å². The van der Waals surface area contributed by atoms with Gasteiger partial charge in [0.25, 0.3) is 0 Å². The van der Waals surface area contributed by atoms with E-state index >= 15 is 0 Å². The first-order valence-corrected chi connectivity index (χ1v) is 8.01. The predicted octanol–water partition coefficient (Wildman–Crippen LogP) is 2.84. The van der Waals surface area contributed by atoms with E-state index in [4.69, 9.17) is 0 Å². The number of unbranched alkanes of at least 4 members (excludes halogenated alkanes) is 1. The molecule has 1 fully saturated rings. The van der Waals surface area contributed by atoms with Crippen LogP contribution in [-0.4, -0.2) is 18.3 Å². The molecule has 0 saturated carbocycles. The topological polar surface area (TPSA) is 0 Å². The highest BCUT2D eigenvalue weighted by Gasteiger charge is 2.14. The monoisotopic (exact) mass is 169 g/mol. The standard InChI is InChI=1S/C8H17Si2/c1-2-3-6-10-7-4-9-5-8-10/h2-8H2,1H3. The van der Waals surface area contributed by atoms with Gasteiger partial charge in [-0.3, -0.25) is 0 Å². The second kappa shape index (κ2) is 5.13. The highest BCUT2D eigenvalue weighted by molar-refractivity contribution is 6.63. The van der Waals surface area contributed by atoms with E-state index in [0.717, 1.165) is 0 Å². The lowest BCUT2D eigenvalue weighted by Crippen LogP contribution is -2.17. The molecule has 57 valence electrons. The molecule has 10 heavy (non-hydrogen) atoms. The minimum atomic E-state index is 0.196. The van der Waals surface area contributed by atoms with E-state index in [-0.39, 0.29) is 8.80 Å². The van der Waals surface area contributed by atoms with Gasteiger partial charge in [0.05, 0.1) is 0 Å². The molecular weight excluding hydrogens is 152 g/mol. The molecule has 0 nitrogen and oxygen atoms in total. The second-order valence-electron chi connectivity index (χ2n) is 3.10. The van der Waals surface area contributed by atoms with Crippen LogP contribution in [0.25, 0.3) is 0 Å². The fourth-order valence-electron chi connectivity index (χ4n) is 1.46. The van der Waals surface area contributed by atoms with Crippen LogP contribution >= 0.6 is 0 Å². The van der Waals surface area contributed by atoms with Gasteiger partial charge >= 0.3 is 0 Å². The molecule has 1 aliphatic heterocycles. The molecule has 1 aliphatic rings. The van der Waals surface area contributed by atoms with Gasteiger partial charge in [0.15, 0.2) is 0 Å². The van der Waals surface area contributed by atoms with Crippen molar-refractivity contribution in [2.24, 2.45) is 0 Å². The zero-order valence-electron chi connectivity index (χ0n) is 6.95. The summed E-state index contributed by atoms with van der Waals surface area (Å²) in [5.74, 6) is 0. The van der Waals surface area contributed by atoms with Crippen LogP contribution in [-0.2, 0) is 0 Å². The van der Waals surface area contributed by atoms with Crippen molar-refractivity contribution in [2.45, 2.75) is 50.0 Å². The highest BCUT2D eigenvalue weighted by atomic mass is 28.3. The van der Waals surface area contributed by atoms with Gasteiger partial charge in [0.2, 0.25) is 0 Å². The first-order chi connectivity index (χ1) is 4.93. The molecule has 1 rings (SSSR count). The Balaban J connectivity index is 2.02. The maximum atomic E-state index is 2.31. The van der Waals surface area contributed by atoms with Crippen molar-refractivity contribution in [2.75, 3.05) is 0 Å². The summed E-state index contributed by atoms with van der Waals surface area (Å²) in [6, 6.07) is 8.06. The van der Waals surface area contributed by atoms with Crippen molar-refractivity contribution >= 4 is 18.3 Å². The van der Waals surface area contributed by atoms with E-state index in [9.17, 15) is 0 Å². The average molecular weight is 169 g/mol. The Morgan fingerprint density at radius 3 is 2.60 bits per heavy atom. The normalized spacial score (nSPS) is 21.3. The van der Waals surface area contributed by atoms with Crippen LogP contribution < -0.4 is 0 Å². The number of hydrogen-bond donors (Lipinski definition) is 0. The lowest BCUT2D eigenvalue weighted by Gasteiger charge is -2.18. The van der Waals surface area contributed by atoms with Crippen LogP contribution in [0.3, 0.4) is 0 Å². The summed E-state index contributed by atoms with van der Waals surface area (Å²) < 4.78 is 0. The minimum absolute atomic E-state index is 0.196. The molecule has 2 heteroatoms. The first kappa shape index (κ1) is 8.53. The van der Waals surface area contributed by atoms with Gasteiger partial charge in [-0.05, 0) is 0 Å². The Bertz CT molecular complexity index is 77.3. The lowest BCUT2D eigenvalue weighted by molar-refractivity contribution is 0.866. The number of rotatable bonds is 3. The molecule has 0 bridgehead atoms. The lowest BCUT2D eigenvalue weighted by atomic mass is 10.4. The molecular formula is C8H17Si2. The zero-order valence-corrected chi connectivity index (χ0v) is 8.95. The van der Waals surface area contributed by atoms with Gasteiger partial charge in [0, 0.05) is 18.3 Å². The van der Waals surface area contributed by atoms with Gasteiger partial charge in [-0.1, -0.05) is 50.0 Å². The van der Waals surface area contributed by atoms with Crippen molar-refractivity contribution in [3.05, 3.63) is 0 Å². The van der Waals surface area contributed by atoms with Crippen molar-refractivity contribution in [3.8, 4) is 0 Å². The SMILES string of the molecule is CCCC[Si]1CC[Si]CC1. The third kappa shape index (κ3) is 3.01. The van der Waals surface area contributed by atoms with E-state index < -0.39 is 0 Å². The molecule has 0 aromatic rings. The van der Waals surface area contributed by atoms with Gasteiger partial charge in [-0.2, -0.15) is 0 Å². The summed E-state index contributed by atoms with van der Waals surface area (Å²) >= 11 is 0. The molecule has 0 aromatic heterocycles. The molecule has 0 N–H and O–H groups in total. The van der Waals surface area contributed by atoms with Crippen LogP contribution in [0.1, 0.15) is 19.8 Å². The molecule has 0 aliphatic carbocycles. The Morgan fingerprint density at radius 1 is 1.30 bits per heavy atom. The molecule has 0 aromatic carbocycles. The molecule has 0 atom stereocenters. The van der Waals surface area contributed by atoms with E-state index in [0.29, 0.717) is 0 Å². The van der Waals surface area contributed by atoms with Gasteiger partial charge in [-0.25, -0.2) is 0 Å². The summed E-state index contributed by atoms with van der Waals surface area (Å²) in [5, 5.41) is 0. The van der Waals surface area contributed by atoms with Crippen LogP contribution in [0.5, 0.6) is 0 Å². The number of hydrogen-bond acceptors (Lipinski definition) is 0. The third-order valence-corrected chi connectivity index (χ3v) is 7.38. The van der Waals surface area contributed by atoms with Crippen LogP contribution in [0.4, 0.5) is 0 Å². The van der Waals surface area contributed by atoms with Crippen molar-refractivity contribution in [3.63, 3.8) is 0 Å². The zero-order chi connectivity index (χ0) is 7.23. The van der Waals surface area contributed by atoms with Crippen LogP contribution in [0.15, 0.2) is 0 Å². The first-order valence-electron chi connectivity index (χ1n) is 4.47. The molecule has 0 amide bonds. The maximum Gasteiger partial charge on any atom is 0.0473 e. The summed E-state index contributed by atoms with van der Waals surface area (Å²) in [6.07, 6.45) is 2.92. The highest BCUT2D eigenvalue weighted by Crippen LogP contribution is 2.19. The quantitative estimate of drug-likeness (QED) is 0.570. The smallest absolute Gasteiger partial charge is 0.0473 e. The fourth-order valence-corrected chi connectivity index (χ4v) is 7.55. The summed E-state index contributed by atoms with van der Waals surface area (Å²) in [4.78, 5) is 0. The molecule has 0 spiro atoms. The van der Waals surface area contributed by atoms with Gasteiger partial charge < -0.3 is 0 Å². The van der Waals surface area contributed by atoms with E-state index in [2.05, 4.69) is 6.92 Å². The Kier molecular flexibility index (Phi) is 4.38. The summed E-state index contributed by atoms with van der Waals surface area (Å²) in [5.41, 5.74) is 0. The Morgan fingerprint density at radius 2 is 2.00 bits per heavy atom. The Labute approximate surface area is 68.8 Å². The fraction of sp³-hybridized carbons (Fsp3) is 1.00. The summed E-state index contributed by atoms with van der Waals surface area (Å²) in [6.45, 7) is 2.31. The summed E-state index contributed by atoms with van der Waals surface area (Å²) in [7, 11) is 1.51.